The SMILES string of the molecule is CCc1ccc(N2C(=O)NC(=O)C(=Cc3ccc(OC)c(COc4ccc(NC(C)=O)cc4)c3)C2=O)cc1. The third kappa shape index (κ3) is 5.89. The highest BCUT2D eigenvalue weighted by molar-refractivity contribution is 6.39. The van der Waals surface area contributed by atoms with Crippen LogP contribution in [0, 0.1) is 0 Å². The maximum atomic E-state index is 13.2. The van der Waals surface area contributed by atoms with E-state index in [0.29, 0.717) is 34.0 Å². The number of imide groups is 2. The molecule has 9 heteroatoms. The van der Waals surface area contributed by atoms with Crippen LogP contribution >= 0.6 is 0 Å². The molecule has 1 aliphatic heterocycles. The van der Waals surface area contributed by atoms with Crippen molar-refractivity contribution in [1.29, 1.82) is 0 Å². The maximum absolute atomic E-state index is 13.2. The van der Waals surface area contributed by atoms with Crippen molar-refractivity contribution in [3.8, 4) is 11.5 Å². The molecule has 1 heterocycles. The second-order valence-corrected chi connectivity index (χ2v) is 8.54. The lowest BCUT2D eigenvalue weighted by Gasteiger charge is -2.26. The molecule has 0 aromatic heterocycles. The Bertz CT molecular complexity index is 1410. The fourth-order valence-corrected chi connectivity index (χ4v) is 3.94. The van der Waals surface area contributed by atoms with E-state index in [0.717, 1.165) is 16.9 Å². The van der Waals surface area contributed by atoms with Gasteiger partial charge in [0.15, 0.2) is 0 Å². The van der Waals surface area contributed by atoms with Gasteiger partial charge >= 0.3 is 6.03 Å². The van der Waals surface area contributed by atoms with Crippen LogP contribution in [-0.2, 0) is 27.4 Å². The number of benzene rings is 3. The van der Waals surface area contributed by atoms with Crippen molar-refractivity contribution in [3.63, 3.8) is 0 Å². The lowest BCUT2D eigenvalue weighted by molar-refractivity contribution is -0.122. The van der Waals surface area contributed by atoms with Gasteiger partial charge in [0.05, 0.1) is 12.8 Å². The Hall–Kier alpha value is -4.92. The fraction of sp³-hybridized carbons (Fsp3) is 0.172. The van der Waals surface area contributed by atoms with Gasteiger partial charge < -0.3 is 14.8 Å². The molecule has 0 atom stereocenters. The van der Waals surface area contributed by atoms with Crippen molar-refractivity contribution in [3.05, 3.63) is 89.0 Å². The van der Waals surface area contributed by atoms with Crippen molar-refractivity contribution >= 4 is 41.2 Å². The quantitative estimate of drug-likeness (QED) is 0.340. The van der Waals surface area contributed by atoms with Gasteiger partial charge in [-0.3, -0.25) is 19.7 Å². The summed E-state index contributed by atoms with van der Waals surface area (Å²) in [7, 11) is 1.53. The molecule has 1 saturated heterocycles. The molecule has 9 nitrogen and oxygen atoms in total. The number of rotatable bonds is 8. The molecule has 38 heavy (non-hydrogen) atoms. The van der Waals surface area contributed by atoms with E-state index in [-0.39, 0.29) is 18.1 Å². The number of aryl methyl sites for hydroxylation is 1. The molecule has 2 N–H and O–H groups in total. The van der Waals surface area contributed by atoms with Gasteiger partial charge in [0.2, 0.25) is 5.91 Å². The average Bonchev–Trinajstić information content (AvgIpc) is 2.90. The van der Waals surface area contributed by atoms with Crippen LogP contribution < -0.4 is 25.0 Å². The normalized spacial score (nSPS) is 14.3. The number of hydrogen-bond donors (Lipinski definition) is 2. The number of anilines is 2. The predicted molar refractivity (Wildman–Crippen MR) is 143 cm³/mol. The van der Waals surface area contributed by atoms with Crippen LogP contribution in [0.25, 0.3) is 6.08 Å². The summed E-state index contributed by atoms with van der Waals surface area (Å²) in [6, 6.07) is 18.3. The molecule has 194 valence electrons. The summed E-state index contributed by atoms with van der Waals surface area (Å²) in [6.45, 7) is 3.59. The summed E-state index contributed by atoms with van der Waals surface area (Å²) in [4.78, 5) is 50.4. The molecule has 0 aliphatic carbocycles. The van der Waals surface area contributed by atoms with E-state index in [1.165, 1.54) is 20.1 Å². The molecule has 4 rings (SSSR count). The Labute approximate surface area is 220 Å². The number of nitrogens with one attached hydrogen (secondary N) is 2. The van der Waals surface area contributed by atoms with Crippen LogP contribution in [0.4, 0.5) is 16.2 Å². The topological polar surface area (TPSA) is 114 Å². The monoisotopic (exact) mass is 513 g/mol. The molecule has 0 spiro atoms. The molecule has 5 amide bonds. The maximum Gasteiger partial charge on any atom is 0.335 e. The second-order valence-electron chi connectivity index (χ2n) is 8.54. The summed E-state index contributed by atoms with van der Waals surface area (Å²) < 4.78 is 11.3. The Morgan fingerprint density at radius 2 is 1.71 bits per heavy atom. The van der Waals surface area contributed by atoms with E-state index < -0.39 is 17.8 Å². The molecule has 0 unspecified atom stereocenters. The summed E-state index contributed by atoms with van der Waals surface area (Å²) in [5.41, 5.74) is 3.15. The van der Waals surface area contributed by atoms with E-state index in [9.17, 15) is 19.2 Å². The summed E-state index contributed by atoms with van der Waals surface area (Å²) in [5, 5.41) is 4.93. The van der Waals surface area contributed by atoms with Gasteiger partial charge in [0.25, 0.3) is 11.8 Å². The molecule has 1 fully saturated rings. The zero-order chi connectivity index (χ0) is 27.2. The van der Waals surface area contributed by atoms with Crippen LogP contribution in [0.15, 0.2) is 72.3 Å². The van der Waals surface area contributed by atoms with Gasteiger partial charge in [-0.15, -0.1) is 0 Å². The zero-order valence-corrected chi connectivity index (χ0v) is 21.2. The first-order valence-electron chi connectivity index (χ1n) is 12.0. The van der Waals surface area contributed by atoms with Gasteiger partial charge in [-0.05, 0) is 72.2 Å². The number of ether oxygens (including phenoxy) is 2. The highest BCUT2D eigenvalue weighted by atomic mass is 16.5. The number of urea groups is 1. The summed E-state index contributed by atoms with van der Waals surface area (Å²) in [5.74, 6) is -0.504. The average molecular weight is 514 g/mol. The lowest BCUT2D eigenvalue weighted by atomic mass is 10.0. The van der Waals surface area contributed by atoms with Crippen molar-refractivity contribution in [2.24, 2.45) is 0 Å². The molecule has 3 aromatic carbocycles. The third-order valence-corrected chi connectivity index (χ3v) is 5.89. The summed E-state index contributed by atoms with van der Waals surface area (Å²) in [6.07, 6.45) is 2.25. The number of carbonyl (C=O) groups excluding carboxylic acids is 4. The first-order valence-corrected chi connectivity index (χ1v) is 12.0. The Kier molecular flexibility index (Phi) is 7.86. The van der Waals surface area contributed by atoms with Crippen molar-refractivity contribution in [2.45, 2.75) is 26.9 Å². The van der Waals surface area contributed by atoms with Crippen LogP contribution in [0.3, 0.4) is 0 Å². The van der Waals surface area contributed by atoms with Crippen molar-refractivity contribution < 1.29 is 28.7 Å². The van der Waals surface area contributed by atoms with Gasteiger partial charge in [-0.25, -0.2) is 9.69 Å². The molecular formula is C29H27N3O6. The number of barbiturate groups is 1. The van der Waals surface area contributed by atoms with Gasteiger partial charge in [0, 0.05) is 18.2 Å². The van der Waals surface area contributed by atoms with Crippen LogP contribution in [0.1, 0.15) is 30.5 Å². The lowest BCUT2D eigenvalue weighted by Crippen LogP contribution is -2.54. The molecule has 0 bridgehead atoms. The van der Waals surface area contributed by atoms with Gasteiger partial charge in [-0.1, -0.05) is 25.1 Å². The minimum Gasteiger partial charge on any atom is -0.496 e. The van der Waals surface area contributed by atoms with E-state index >= 15 is 0 Å². The smallest absolute Gasteiger partial charge is 0.335 e. The van der Waals surface area contributed by atoms with Crippen molar-refractivity contribution in [1.82, 2.24) is 5.32 Å². The standard InChI is InChI=1S/C29H27N3O6/c1-4-19-5-10-23(11-6-19)32-28(35)25(27(34)31-29(32)36)16-20-7-14-26(37-3)21(15-20)17-38-24-12-8-22(9-13-24)30-18(2)33/h5-16H,4,17H2,1-3H3,(H,30,33)(H,31,34,36). The number of methoxy groups -OCH3 is 1. The molecular weight excluding hydrogens is 486 g/mol. The van der Waals surface area contributed by atoms with E-state index in [1.807, 2.05) is 19.1 Å². The highest BCUT2D eigenvalue weighted by Gasteiger charge is 2.36. The highest BCUT2D eigenvalue weighted by Crippen LogP contribution is 2.26. The number of nitrogens with zero attached hydrogens (tertiary/aromatic N) is 1. The van der Waals surface area contributed by atoms with E-state index in [1.54, 1.807) is 54.6 Å². The first-order chi connectivity index (χ1) is 18.3. The molecule has 3 aromatic rings. The minimum absolute atomic E-state index is 0.147. The predicted octanol–water partition coefficient (Wildman–Crippen LogP) is 4.46. The third-order valence-electron chi connectivity index (χ3n) is 5.89. The first kappa shape index (κ1) is 26.2. The van der Waals surface area contributed by atoms with E-state index in [4.69, 9.17) is 9.47 Å². The Morgan fingerprint density at radius 3 is 2.34 bits per heavy atom. The van der Waals surface area contributed by atoms with E-state index in [2.05, 4.69) is 10.6 Å². The molecule has 0 saturated carbocycles. The largest absolute Gasteiger partial charge is 0.496 e. The number of hydrogen-bond acceptors (Lipinski definition) is 6. The zero-order valence-electron chi connectivity index (χ0n) is 21.2. The Morgan fingerprint density at radius 1 is 1.00 bits per heavy atom. The number of carbonyl (C=O) groups is 4. The summed E-state index contributed by atoms with van der Waals surface area (Å²) >= 11 is 0. The minimum atomic E-state index is -0.797. The van der Waals surface area contributed by atoms with Gasteiger partial charge in [-0.2, -0.15) is 0 Å². The molecule has 0 radical (unpaired) electrons. The Balaban J connectivity index is 1.56. The van der Waals surface area contributed by atoms with Crippen LogP contribution in [-0.4, -0.2) is 30.9 Å². The van der Waals surface area contributed by atoms with Gasteiger partial charge in [0.1, 0.15) is 23.7 Å². The van der Waals surface area contributed by atoms with Crippen LogP contribution in [0.2, 0.25) is 0 Å². The van der Waals surface area contributed by atoms with Crippen LogP contribution in [0.5, 0.6) is 11.5 Å². The van der Waals surface area contributed by atoms with Crippen molar-refractivity contribution in [2.75, 3.05) is 17.3 Å². The fourth-order valence-electron chi connectivity index (χ4n) is 3.94. The number of amides is 5. The second kappa shape index (κ2) is 11.4. The molecule has 1 aliphatic rings.